The predicted octanol–water partition coefficient (Wildman–Crippen LogP) is 5.78. The Morgan fingerprint density at radius 3 is 2.54 bits per heavy atom. The molecule has 0 bridgehead atoms. The van der Waals surface area contributed by atoms with E-state index >= 15 is 0 Å². The number of benzene rings is 2. The van der Waals surface area contributed by atoms with Crippen LogP contribution in [0.4, 0.5) is 23.3 Å². The van der Waals surface area contributed by atoms with E-state index in [1.54, 1.807) is 4.68 Å². The number of hydrogen-bond acceptors (Lipinski definition) is 8. The highest BCUT2D eigenvalue weighted by Crippen LogP contribution is 2.40. The molecule has 0 unspecified atom stereocenters. The van der Waals surface area contributed by atoms with Gasteiger partial charge in [-0.3, -0.25) is 9.48 Å². The Kier molecular flexibility index (Phi) is 6.75. The van der Waals surface area contributed by atoms with E-state index in [1.807, 2.05) is 74.7 Å². The third kappa shape index (κ3) is 4.76. The highest BCUT2D eigenvalue weighted by molar-refractivity contribution is 6.15. The van der Waals surface area contributed by atoms with Gasteiger partial charge in [0.1, 0.15) is 5.82 Å². The summed E-state index contributed by atoms with van der Waals surface area (Å²) in [6.45, 7) is 7.56. The minimum Gasteiger partial charge on any atom is -0.378 e. The Balaban J connectivity index is 1.11. The van der Waals surface area contributed by atoms with Crippen molar-refractivity contribution in [3.63, 3.8) is 0 Å². The van der Waals surface area contributed by atoms with Crippen LogP contribution in [-0.4, -0.2) is 61.9 Å². The van der Waals surface area contributed by atoms with E-state index in [0.29, 0.717) is 37.1 Å². The summed E-state index contributed by atoms with van der Waals surface area (Å²) >= 11 is 0. The molecule has 2 N–H and O–H groups in total. The first-order chi connectivity index (χ1) is 22.4. The number of hydrogen-bond donors (Lipinski definition) is 2. The number of carbonyl (C=O) groups is 1. The number of nitrogens with one attached hydrogen (secondary N) is 2. The summed E-state index contributed by atoms with van der Waals surface area (Å²) < 4.78 is 7.29. The van der Waals surface area contributed by atoms with Crippen molar-refractivity contribution in [2.45, 2.75) is 20.4 Å². The van der Waals surface area contributed by atoms with Crippen LogP contribution in [-0.2, 0) is 18.3 Å². The van der Waals surface area contributed by atoms with Crippen molar-refractivity contribution in [1.82, 2.24) is 29.7 Å². The Hall–Kier alpha value is -5.55. The van der Waals surface area contributed by atoms with E-state index in [-0.39, 0.29) is 5.91 Å². The lowest BCUT2D eigenvalue weighted by molar-refractivity contribution is 0.0997. The van der Waals surface area contributed by atoms with Crippen LogP contribution >= 0.6 is 0 Å². The fraction of sp³-hybridized carbons (Fsp3) is 0.229. The first-order valence-corrected chi connectivity index (χ1v) is 15.4. The van der Waals surface area contributed by atoms with Gasteiger partial charge < -0.3 is 24.8 Å². The molecule has 1 amide bonds. The zero-order chi connectivity index (χ0) is 31.4. The maximum absolute atomic E-state index is 13.9. The van der Waals surface area contributed by atoms with Gasteiger partial charge >= 0.3 is 0 Å². The van der Waals surface area contributed by atoms with E-state index in [1.165, 1.54) is 0 Å². The lowest BCUT2D eigenvalue weighted by atomic mass is 9.98. The second-order valence-corrected chi connectivity index (χ2v) is 11.8. The van der Waals surface area contributed by atoms with Crippen molar-refractivity contribution < 1.29 is 9.53 Å². The molecule has 46 heavy (non-hydrogen) atoms. The summed E-state index contributed by atoms with van der Waals surface area (Å²) in [7, 11) is 1.90. The largest absolute Gasteiger partial charge is 0.378 e. The second kappa shape index (κ2) is 11.1. The first kappa shape index (κ1) is 28.0. The van der Waals surface area contributed by atoms with Crippen LogP contribution in [0, 0.1) is 13.8 Å². The van der Waals surface area contributed by atoms with Crippen molar-refractivity contribution in [1.29, 1.82) is 0 Å². The van der Waals surface area contributed by atoms with Gasteiger partial charge in [-0.25, -0.2) is 15.0 Å². The number of morpholine rings is 1. The van der Waals surface area contributed by atoms with Gasteiger partial charge in [-0.2, -0.15) is 5.10 Å². The quantitative estimate of drug-likeness (QED) is 0.244. The number of para-hydroxylation sites is 1. The molecule has 2 aromatic carbocycles. The van der Waals surface area contributed by atoms with Crippen LogP contribution in [0.25, 0.3) is 33.3 Å². The molecule has 6 aromatic rings. The fourth-order valence-electron chi connectivity index (χ4n) is 6.39. The minimum absolute atomic E-state index is 0.0197. The van der Waals surface area contributed by atoms with Crippen LogP contribution in [0.2, 0.25) is 0 Å². The van der Waals surface area contributed by atoms with Crippen LogP contribution in [0.3, 0.4) is 0 Å². The molecule has 1 fully saturated rings. The molecule has 1 saturated heterocycles. The standard InChI is InChI=1S/C35H33N9O2/c1-21-17-38-35(39-30-16-22(2)42(3)41-30)40-32(21)27-19-37-33-25(27)7-5-9-29(33)44-20-28-24(6-4-8-26(28)34(44)45)23-10-11-31(36-18-23)43-12-14-46-15-13-43/h4-11,16-19,37H,12-15,20H2,1-3H3,(H,38,39,40,41). The first-order valence-electron chi connectivity index (χ1n) is 15.4. The van der Waals surface area contributed by atoms with Gasteiger partial charge in [-0.1, -0.05) is 24.3 Å². The lowest BCUT2D eigenvalue weighted by Gasteiger charge is -2.27. The van der Waals surface area contributed by atoms with E-state index < -0.39 is 0 Å². The normalized spacial score (nSPS) is 14.7. The number of aromatic amines is 1. The number of carbonyl (C=O) groups excluding carboxylic acids is 1. The third-order valence-corrected chi connectivity index (χ3v) is 8.93. The summed E-state index contributed by atoms with van der Waals surface area (Å²) in [6.07, 6.45) is 5.68. The topological polar surface area (TPSA) is 117 Å². The summed E-state index contributed by atoms with van der Waals surface area (Å²) in [5.74, 6) is 2.08. The van der Waals surface area contributed by atoms with Crippen molar-refractivity contribution in [2.75, 3.05) is 41.4 Å². The number of rotatable bonds is 6. The second-order valence-electron chi connectivity index (χ2n) is 11.8. The van der Waals surface area contributed by atoms with Gasteiger partial charge in [0.05, 0.1) is 36.7 Å². The Bertz CT molecular complexity index is 2090. The van der Waals surface area contributed by atoms with Gasteiger partial charge in [0.2, 0.25) is 5.95 Å². The van der Waals surface area contributed by atoms with Crippen LogP contribution in [0.1, 0.15) is 27.2 Å². The maximum Gasteiger partial charge on any atom is 0.259 e. The molecule has 0 spiro atoms. The molecular formula is C35H33N9O2. The van der Waals surface area contributed by atoms with Gasteiger partial charge in [0.15, 0.2) is 5.82 Å². The fourth-order valence-corrected chi connectivity index (χ4v) is 6.39. The van der Waals surface area contributed by atoms with Crippen LogP contribution in [0.15, 0.2) is 73.2 Å². The number of amides is 1. The number of pyridine rings is 1. The molecular weight excluding hydrogens is 578 g/mol. The molecule has 0 atom stereocenters. The molecule has 2 aliphatic heterocycles. The molecule has 2 aliphatic rings. The SMILES string of the molecule is Cc1cnc(Nc2cc(C)n(C)n2)nc1-c1c[nH]c2c(N3Cc4c(cccc4-c4ccc(N5CCOCC5)nc4)C3=O)cccc12. The third-order valence-electron chi connectivity index (χ3n) is 8.93. The van der Waals surface area contributed by atoms with E-state index in [2.05, 4.69) is 49.5 Å². The Morgan fingerprint density at radius 2 is 1.76 bits per heavy atom. The number of aryl methyl sites for hydroxylation is 3. The molecule has 11 nitrogen and oxygen atoms in total. The number of anilines is 4. The highest BCUT2D eigenvalue weighted by Gasteiger charge is 2.32. The summed E-state index contributed by atoms with van der Waals surface area (Å²) in [6, 6.07) is 18.1. The Labute approximate surface area is 265 Å². The summed E-state index contributed by atoms with van der Waals surface area (Å²) in [5.41, 5.74) is 9.15. The number of aromatic nitrogens is 6. The van der Waals surface area contributed by atoms with E-state index in [9.17, 15) is 4.79 Å². The zero-order valence-corrected chi connectivity index (χ0v) is 25.9. The molecule has 6 heterocycles. The monoisotopic (exact) mass is 611 g/mol. The van der Waals surface area contributed by atoms with Crippen molar-refractivity contribution in [3.05, 3.63) is 95.6 Å². The molecule has 8 rings (SSSR count). The Morgan fingerprint density at radius 1 is 0.935 bits per heavy atom. The van der Waals surface area contributed by atoms with E-state index in [0.717, 1.165) is 74.7 Å². The lowest BCUT2D eigenvalue weighted by Crippen LogP contribution is -2.36. The van der Waals surface area contributed by atoms with Crippen LogP contribution < -0.4 is 15.1 Å². The van der Waals surface area contributed by atoms with Crippen LogP contribution in [0.5, 0.6) is 0 Å². The average Bonchev–Trinajstić information content (AvgIpc) is 3.76. The molecule has 0 saturated carbocycles. The predicted molar refractivity (Wildman–Crippen MR) is 179 cm³/mol. The molecule has 230 valence electrons. The van der Waals surface area contributed by atoms with Gasteiger partial charge in [-0.05, 0) is 54.8 Å². The van der Waals surface area contributed by atoms with Crippen molar-refractivity contribution >= 4 is 40.1 Å². The molecule has 11 heteroatoms. The van der Waals surface area contributed by atoms with Gasteiger partial charge in [0, 0.05) is 72.6 Å². The maximum atomic E-state index is 13.9. The number of nitrogens with zero attached hydrogens (tertiary/aromatic N) is 7. The zero-order valence-electron chi connectivity index (χ0n) is 25.9. The summed E-state index contributed by atoms with van der Waals surface area (Å²) in [5, 5.41) is 8.67. The van der Waals surface area contributed by atoms with Gasteiger partial charge in [-0.15, -0.1) is 0 Å². The molecule has 0 aliphatic carbocycles. The highest BCUT2D eigenvalue weighted by atomic mass is 16.5. The smallest absolute Gasteiger partial charge is 0.259 e. The molecule has 0 radical (unpaired) electrons. The van der Waals surface area contributed by atoms with Crippen molar-refractivity contribution in [2.24, 2.45) is 7.05 Å². The van der Waals surface area contributed by atoms with E-state index in [4.69, 9.17) is 14.7 Å². The number of H-pyrrole nitrogens is 1. The molecule has 4 aromatic heterocycles. The number of fused-ring (bicyclic) bond motifs is 2. The number of ether oxygens (including phenoxy) is 1. The summed E-state index contributed by atoms with van der Waals surface area (Å²) in [4.78, 5) is 35.6. The van der Waals surface area contributed by atoms with Crippen molar-refractivity contribution in [3.8, 4) is 22.4 Å². The van der Waals surface area contributed by atoms with Gasteiger partial charge in [0.25, 0.3) is 5.91 Å². The average molecular weight is 612 g/mol. The minimum atomic E-state index is -0.0197.